The zero-order valence-electron chi connectivity index (χ0n) is 13.4. The lowest BCUT2D eigenvalue weighted by molar-refractivity contribution is -0.125. The summed E-state index contributed by atoms with van der Waals surface area (Å²) >= 11 is 0. The van der Waals surface area contributed by atoms with Gasteiger partial charge in [-0.25, -0.2) is 0 Å². The van der Waals surface area contributed by atoms with E-state index in [4.69, 9.17) is 4.74 Å². The quantitative estimate of drug-likeness (QED) is 0.717. The minimum absolute atomic E-state index is 0.0106. The Morgan fingerprint density at radius 1 is 1.05 bits per heavy atom. The van der Waals surface area contributed by atoms with Crippen LogP contribution in [0.2, 0.25) is 0 Å². The van der Waals surface area contributed by atoms with Crippen LogP contribution >= 0.6 is 0 Å². The molecular weight excluding hydrogens is 280 g/mol. The van der Waals surface area contributed by atoms with Gasteiger partial charge in [0.25, 0.3) is 0 Å². The summed E-state index contributed by atoms with van der Waals surface area (Å²) in [5.74, 6) is 0.312. The second-order valence-corrected chi connectivity index (χ2v) is 7.20. The van der Waals surface area contributed by atoms with E-state index in [1.54, 1.807) is 0 Å². The van der Waals surface area contributed by atoms with E-state index in [0.29, 0.717) is 19.2 Å². The minimum atomic E-state index is -0.522. The molecule has 1 heterocycles. The Morgan fingerprint density at radius 3 is 2.45 bits per heavy atom. The maximum Gasteiger partial charge on any atom is 0.223 e. The Labute approximate surface area is 133 Å². The number of aliphatic hydroxyl groups excluding tert-OH is 1. The van der Waals surface area contributed by atoms with Crippen LogP contribution < -0.4 is 10.6 Å². The third kappa shape index (κ3) is 4.00. The van der Waals surface area contributed by atoms with Crippen molar-refractivity contribution in [2.75, 3.05) is 13.2 Å². The first-order valence-corrected chi connectivity index (χ1v) is 9.07. The van der Waals surface area contributed by atoms with Crippen molar-refractivity contribution in [1.82, 2.24) is 10.6 Å². The largest absolute Gasteiger partial charge is 0.389 e. The van der Waals surface area contributed by atoms with Crippen molar-refractivity contribution in [2.45, 2.75) is 82.1 Å². The molecule has 1 saturated heterocycles. The van der Waals surface area contributed by atoms with Crippen LogP contribution in [-0.4, -0.2) is 48.5 Å². The molecule has 2 saturated carbocycles. The molecule has 3 N–H and O–H groups in total. The van der Waals surface area contributed by atoms with Crippen LogP contribution in [0.3, 0.4) is 0 Å². The van der Waals surface area contributed by atoms with E-state index in [9.17, 15) is 9.90 Å². The number of carbonyl (C=O) groups excluding carboxylic acids is 1. The van der Waals surface area contributed by atoms with Gasteiger partial charge in [-0.2, -0.15) is 0 Å². The van der Waals surface area contributed by atoms with E-state index < -0.39 is 6.10 Å². The van der Waals surface area contributed by atoms with Crippen molar-refractivity contribution in [3.8, 4) is 0 Å². The zero-order chi connectivity index (χ0) is 15.4. The van der Waals surface area contributed by atoms with E-state index in [2.05, 4.69) is 10.6 Å². The first-order valence-electron chi connectivity index (χ1n) is 9.07. The number of nitrogens with one attached hydrogen (secondary N) is 2. The minimum Gasteiger partial charge on any atom is -0.389 e. The summed E-state index contributed by atoms with van der Waals surface area (Å²) in [6.45, 7) is 0.973. The normalized spacial score (nSPS) is 34.1. The van der Waals surface area contributed by atoms with Gasteiger partial charge in [0.1, 0.15) is 6.10 Å². The number of carbonyl (C=O) groups is 1. The summed E-state index contributed by atoms with van der Waals surface area (Å²) in [7, 11) is 0. The fourth-order valence-corrected chi connectivity index (χ4v) is 4.12. The second kappa shape index (κ2) is 7.75. The molecule has 0 spiro atoms. The first kappa shape index (κ1) is 16.2. The maximum absolute atomic E-state index is 12.0. The van der Waals surface area contributed by atoms with Crippen LogP contribution in [0.15, 0.2) is 0 Å². The first-order chi connectivity index (χ1) is 10.7. The molecule has 0 unspecified atom stereocenters. The van der Waals surface area contributed by atoms with Crippen molar-refractivity contribution in [3.63, 3.8) is 0 Å². The lowest BCUT2D eigenvalue weighted by Crippen LogP contribution is -2.49. The molecular formula is C17H30N2O3. The Kier molecular flexibility index (Phi) is 5.71. The molecule has 5 heteroatoms. The molecule has 22 heavy (non-hydrogen) atoms. The zero-order valence-corrected chi connectivity index (χ0v) is 13.4. The highest BCUT2D eigenvalue weighted by molar-refractivity contribution is 5.78. The van der Waals surface area contributed by atoms with Crippen molar-refractivity contribution < 1.29 is 14.6 Å². The number of hydrogen-bond donors (Lipinski definition) is 3. The van der Waals surface area contributed by atoms with Crippen LogP contribution in [-0.2, 0) is 9.53 Å². The molecule has 1 amide bonds. The Morgan fingerprint density at radius 2 is 1.73 bits per heavy atom. The van der Waals surface area contributed by atoms with Crippen molar-refractivity contribution in [1.29, 1.82) is 0 Å². The van der Waals surface area contributed by atoms with Crippen molar-refractivity contribution >= 4 is 5.91 Å². The van der Waals surface area contributed by atoms with Gasteiger partial charge in [0.2, 0.25) is 5.91 Å². The third-order valence-electron chi connectivity index (χ3n) is 5.54. The monoisotopic (exact) mass is 310 g/mol. The van der Waals surface area contributed by atoms with Gasteiger partial charge < -0.3 is 20.5 Å². The van der Waals surface area contributed by atoms with Gasteiger partial charge in [0.15, 0.2) is 0 Å². The van der Waals surface area contributed by atoms with E-state index in [-0.39, 0.29) is 24.0 Å². The molecule has 3 atom stereocenters. The van der Waals surface area contributed by atoms with E-state index in [1.165, 1.54) is 32.1 Å². The van der Waals surface area contributed by atoms with Gasteiger partial charge in [-0.3, -0.25) is 4.79 Å². The highest BCUT2D eigenvalue weighted by atomic mass is 16.5. The molecule has 0 bridgehead atoms. The summed E-state index contributed by atoms with van der Waals surface area (Å²) in [4.78, 5) is 12.0. The molecule has 3 fully saturated rings. The van der Waals surface area contributed by atoms with Crippen LogP contribution in [0.5, 0.6) is 0 Å². The number of amides is 1. The highest BCUT2D eigenvalue weighted by Crippen LogP contribution is 2.25. The third-order valence-corrected chi connectivity index (χ3v) is 5.54. The average Bonchev–Trinajstić information content (AvgIpc) is 3.18. The molecule has 2 aliphatic carbocycles. The van der Waals surface area contributed by atoms with Gasteiger partial charge in [-0.05, 0) is 25.7 Å². The van der Waals surface area contributed by atoms with Crippen molar-refractivity contribution in [2.24, 2.45) is 5.92 Å². The fourth-order valence-electron chi connectivity index (χ4n) is 4.12. The molecule has 3 aliphatic rings. The van der Waals surface area contributed by atoms with Gasteiger partial charge in [0.05, 0.1) is 18.8 Å². The number of rotatable bonds is 5. The van der Waals surface area contributed by atoms with Gasteiger partial charge >= 0.3 is 0 Å². The number of aliphatic hydroxyl groups is 1. The summed E-state index contributed by atoms with van der Waals surface area (Å²) < 4.78 is 5.71. The molecule has 3 rings (SSSR count). The molecule has 0 radical (unpaired) electrons. The summed E-state index contributed by atoms with van der Waals surface area (Å²) in [5, 5.41) is 16.9. The van der Waals surface area contributed by atoms with Crippen LogP contribution in [0.25, 0.3) is 0 Å². The van der Waals surface area contributed by atoms with E-state index >= 15 is 0 Å². The smallest absolute Gasteiger partial charge is 0.223 e. The summed E-state index contributed by atoms with van der Waals surface area (Å²) in [6.07, 6.45) is 9.83. The summed E-state index contributed by atoms with van der Waals surface area (Å²) in [6, 6.07) is 0.528. The second-order valence-electron chi connectivity index (χ2n) is 7.20. The topological polar surface area (TPSA) is 70.6 Å². The van der Waals surface area contributed by atoms with Crippen LogP contribution in [0.4, 0.5) is 0 Å². The molecule has 0 aromatic rings. The van der Waals surface area contributed by atoms with Gasteiger partial charge in [-0.15, -0.1) is 0 Å². The Balaban J connectivity index is 1.40. The summed E-state index contributed by atoms with van der Waals surface area (Å²) in [5.41, 5.74) is 0. The van der Waals surface area contributed by atoms with Gasteiger partial charge in [0, 0.05) is 18.5 Å². The fraction of sp³-hybridized carbons (Fsp3) is 0.941. The van der Waals surface area contributed by atoms with Crippen molar-refractivity contribution in [3.05, 3.63) is 0 Å². The number of ether oxygens (including phenoxy) is 1. The van der Waals surface area contributed by atoms with E-state index in [1.807, 2.05) is 0 Å². The highest BCUT2D eigenvalue weighted by Gasteiger charge is 2.37. The molecule has 1 aliphatic heterocycles. The predicted octanol–water partition coefficient (Wildman–Crippen LogP) is 1.34. The number of hydrogen-bond acceptors (Lipinski definition) is 4. The molecule has 126 valence electrons. The molecule has 0 aromatic carbocycles. The maximum atomic E-state index is 12.0. The SMILES string of the molecule is O=C(NC[C@H]1OC[C@@H](NC2CCCCC2)[C@@H]1O)C1CCCC1. The van der Waals surface area contributed by atoms with E-state index in [0.717, 1.165) is 25.7 Å². The lowest BCUT2D eigenvalue weighted by atomic mass is 9.94. The lowest BCUT2D eigenvalue weighted by Gasteiger charge is -2.27. The Hall–Kier alpha value is -0.650. The van der Waals surface area contributed by atoms with Crippen LogP contribution in [0.1, 0.15) is 57.8 Å². The molecule has 0 aromatic heterocycles. The van der Waals surface area contributed by atoms with Crippen LogP contribution in [0, 0.1) is 5.92 Å². The average molecular weight is 310 g/mol. The Bertz CT molecular complexity index is 365. The molecule has 5 nitrogen and oxygen atoms in total. The van der Waals surface area contributed by atoms with Gasteiger partial charge in [-0.1, -0.05) is 32.1 Å². The predicted molar refractivity (Wildman–Crippen MR) is 84.5 cm³/mol. The standard InChI is InChI=1S/C17H30N2O3/c20-16-14(19-13-8-2-1-3-9-13)11-22-15(16)10-18-17(21)12-6-4-5-7-12/h12-16,19-20H,1-11H2,(H,18,21)/t14-,15-,16+/m1/s1.